The number of hydrogen-bond acceptors (Lipinski definition) is 1. The summed E-state index contributed by atoms with van der Waals surface area (Å²) in [7, 11) is 0. The van der Waals surface area contributed by atoms with Crippen LogP contribution < -0.4 is 5.32 Å². The van der Waals surface area contributed by atoms with Crippen molar-refractivity contribution in [1.29, 1.82) is 0 Å². The van der Waals surface area contributed by atoms with Crippen LogP contribution >= 0.6 is 11.6 Å². The Bertz CT molecular complexity index is 431. The lowest BCUT2D eigenvalue weighted by atomic mass is 9.93. The average Bonchev–Trinajstić information content (AvgIpc) is 2.72. The highest BCUT2D eigenvalue weighted by Gasteiger charge is 2.49. The third-order valence-electron chi connectivity index (χ3n) is 3.51. The highest BCUT2D eigenvalue weighted by atomic mass is 35.5. The first-order chi connectivity index (χ1) is 7.21. The van der Waals surface area contributed by atoms with E-state index < -0.39 is 0 Å². The predicted octanol–water partition coefficient (Wildman–Crippen LogP) is 2.17. The van der Waals surface area contributed by atoms with E-state index in [0.717, 1.165) is 12.8 Å². The van der Waals surface area contributed by atoms with Crippen LogP contribution in [0.25, 0.3) is 0 Å². The molecule has 1 aliphatic heterocycles. The van der Waals surface area contributed by atoms with Crippen LogP contribution in [0, 0.1) is 0 Å². The summed E-state index contributed by atoms with van der Waals surface area (Å²) in [6.07, 6.45) is 2.34. The Kier molecular flexibility index (Phi) is 1.84. The van der Waals surface area contributed by atoms with E-state index in [9.17, 15) is 4.79 Å². The number of amides is 1. The van der Waals surface area contributed by atoms with Gasteiger partial charge in [-0.15, -0.1) is 11.6 Å². The minimum absolute atomic E-state index is 0.0693. The van der Waals surface area contributed by atoms with Gasteiger partial charge in [0.1, 0.15) is 0 Å². The highest BCUT2D eigenvalue weighted by molar-refractivity contribution is 6.22. The molecule has 3 rings (SSSR count). The Labute approximate surface area is 93.6 Å². The van der Waals surface area contributed by atoms with Crippen molar-refractivity contribution >= 4 is 17.5 Å². The van der Waals surface area contributed by atoms with Gasteiger partial charge in [-0.05, 0) is 24.0 Å². The normalized spacial score (nSPS) is 33.1. The number of fused-ring (bicyclic) bond motifs is 1. The van der Waals surface area contributed by atoms with Crippen molar-refractivity contribution in [3.8, 4) is 0 Å². The highest BCUT2D eigenvalue weighted by Crippen LogP contribution is 2.47. The third-order valence-corrected chi connectivity index (χ3v) is 4.16. The zero-order valence-electron chi connectivity index (χ0n) is 8.29. The Balaban J connectivity index is 2.03. The molecule has 1 N–H and O–H groups in total. The summed E-state index contributed by atoms with van der Waals surface area (Å²) in [5, 5.41) is 2.99. The smallest absolute Gasteiger partial charge is 0.220 e. The van der Waals surface area contributed by atoms with Crippen LogP contribution in [0.4, 0.5) is 0 Å². The molecule has 2 unspecified atom stereocenters. The van der Waals surface area contributed by atoms with Crippen LogP contribution in [-0.4, -0.2) is 11.4 Å². The summed E-state index contributed by atoms with van der Waals surface area (Å²) in [6, 6.07) is 8.19. The Morgan fingerprint density at radius 1 is 1.40 bits per heavy atom. The topological polar surface area (TPSA) is 29.1 Å². The standard InChI is InChI=1S/C12H12ClNO/c13-11-9-4-2-1-3-8(9)7-12(11)6-5-10(15)14-12/h1-4,11H,5-7H2,(H,14,15). The molecular formula is C12H12ClNO. The molecule has 2 aliphatic rings. The fourth-order valence-corrected chi connectivity index (χ4v) is 3.19. The summed E-state index contributed by atoms with van der Waals surface area (Å²) in [6.45, 7) is 0. The van der Waals surface area contributed by atoms with Gasteiger partial charge in [0.25, 0.3) is 0 Å². The molecule has 2 nitrogen and oxygen atoms in total. The van der Waals surface area contributed by atoms with Crippen LogP contribution in [0.15, 0.2) is 24.3 Å². The molecule has 1 aliphatic carbocycles. The lowest BCUT2D eigenvalue weighted by Crippen LogP contribution is -2.43. The van der Waals surface area contributed by atoms with Crippen molar-refractivity contribution in [2.24, 2.45) is 0 Å². The predicted molar refractivity (Wildman–Crippen MR) is 58.8 cm³/mol. The fraction of sp³-hybridized carbons (Fsp3) is 0.417. The van der Waals surface area contributed by atoms with Gasteiger partial charge in [-0.25, -0.2) is 0 Å². The summed E-state index contributed by atoms with van der Waals surface area (Å²) >= 11 is 6.46. The van der Waals surface area contributed by atoms with Crippen molar-refractivity contribution in [2.45, 2.75) is 30.2 Å². The van der Waals surface area contributed by atoms with Crippen molar-refractivity contribution in [2.75, 3.05) is 0 Å². The van der Waals surface area contributed by atoms with Crippen LogP contribution in [-0.2, 0) is 11.2 Å². The maximum Gasteiger partial charge on any atom is 0.220 e. The summed E-state index contributed by atoms with van der Waals surface area (Å²) in [5.41, 5.74) is 2.25. The lowest BCUT2D eigenvalue weighted by Gasteiger charge is -2.27. The molecule has 15 heavy (non-hydrogen) atoms. The summed E-state index contributed by atoms with van der Waals surface area (Å²) in [4.78, 5) is 11.3. The van der Waals surface area contributed by atoms with Gasteiger partial charge >= 0.3 is 0 Å². The van der Waals surface area contributed by atoms with Gasteiger partial charge in [0.05, 0.1) is 10.9 Å². The number of halogens is 1. The third kappa shape index (κ3) is 1.21. The second-order valence-corrected chi connectivity index (χ2v) is 4.88. The molecule has 0 aromatic heterocycles. The largest absolute Gasteiger partial charge is 0.348 e. The molecule has 0 saturated carbocycles. The molecule has 1 fully saturated rings. The number of carbonyl (C=O) groups is 1. The summed E-state index contributed by atoms with van der Waals surface area (Å²) in [5.74, 6) is 0.133. The van der Waals surface area contributed by atoms with Crippen LogP contribution in [0.5, 0.6) is 0 Å². The summed E-state index contributed by atoms with van der Waals surface area (Å²) < 4.78 is 0. The van der Waals surface area contributed by atoms with E-state index in [4.69, 9.17) is 11.6 Å². The van der Waals surface area contributed by atoms with E-state index in [0.29, 0.717) is 6.42 Å². The molecule has 3 heteroatoms. The van der Waals surface area contributed by atoms with Crippen molar-refractivity contribution in [3.63, 3.8) is 0 Å². The maximum absolute atomic E-state index is 11.3. The van der Waals surface area contributed by atoms with E-state index in [2.05, 4.69) is 17.4 Å². The van der Waals surface area contributed by atoms with Crippen LogP contribution in [0.1, 0.15) is 29.3 Å². The van der Waals surface area contributed by atoms with Crippen molar-refractivity contribution in [1.82, 2.24) is 5.32 Å². The average molecular weight is 222 g/mol. The first-order valence-corrected chi connectivity index (χ1v) is 5.68. The molecule has 1 spiro atoms. The van der Waals surface area contributed by atoms with Gasteiger partial charge in [0.2, 0.25) is 5.91 Å². The molecule has 0 bridgehead atoms. The molecule has 1 aromatic rings. The zero-order valence-corrected chi connectivity index (χ0v) is 9.05. The van der Waals surface area contributed by atoms with E-state index in [-0.39, 0.29) is 16.8 Å². The minimum Gasteiger partial charge on any atom is -0.348 e. The van der Waals surface area contributed by atoms with Crippen molar-refractivity contribution in [3.05, 3.63) is 35.4 Å². The van der Waals surface area contributed by atoms with E-state index >= 15 is 0 Å². The molecule has 1 heterocycles. The van der Waals surface area contributed by atoms with Gasteiger partial charge < -0.3 is 5.32 Å². The Morgan fingerprint density at radius 2 is 2.20 bits per heavy atom. The lowest BCUT2D eigenvalue weighted by molar-refractivity contribution is -0.119. The second-order valence-electron chi connectivity index (χ2n) is 4.44. The monoisotopic (exact) mass is 221 g/mol. The molecule has 0 radical (unpaired) electrons. The van der Waals surface area contributed by atoms with Gasteiger partial charge in [0.15, 0.2) is 0 Å². The first kappa shape index (κ1) is 9.22. The number of alkyl halides is 1. The Hall–Kier alpha value is -1.02. The SMILES string of the molecule is O=C1CCC2(Cc3ccccc3C2Cl)N1. The van der Waals surface area contributed by atoms with Crippen LogP contribution in [0.2, 0.25) is 0 Å². The molecule has 1 saturated heterocycles. The van der Waals surface area contributed by atoms with Gasteiger partial charge in [0, 0.05) is 6.42 Å². The number of benzene rings is 1. The molecule has 2 atom stereocenters. The van der Waals surface area contributed by atoms with Gasteiger partial charge in [-0.2, -0.15) is 0 Å². The minimum atomic E-state index is -0.206. The number of hydrogen-bond donors (Lipinski definition) is 1. The van der Waals surface area contributed by atoms with E-state index in [1.54, 1.807) is 0 Å². The Morgan fingerprint density at radius 3 is 2.87 bits per heavy atom. The van der Waals surface area contributed by atoms with E-state index in [1.807, 2.05) is 12.1 Å². The molecule has 1 aromatic carbocycles. The quantitative estimate of drug-likeness (QED) is 0.669. The van der Waals surface area contributed by atoms with Gasteiger partial charge in [-0.1, -0.05) is 24.3 Å². The fourth-order valence-electron chi connectivity index (χ4n) is 2.73. The molecular weight excluding hydrogens is 210 g/mol. The first-order valence-electron chi connectivity index (χ1n) is 5.24. The van der Waals surface area contributed by atoms with Crippen molar-refractivity contribution < 1.29 is 4.79 Å². The molecule has 78 valence electrons. The van der Waals surface area contributed by atoms with E-state index in [1.165, 1.54) is 11.1 Å². The van der Waals surface area contributed by atoms with Gasteiger partial charge in [-0.3, -0.25) is 4.79 Å². The second kappa shape index (κ2) is 2.99. The maximum atomic E-state index is 11.3. The number of rotatable bonds is 0. The van der Waals surface area contributed by atoms with Crippen LogP contribution in [0.3, 0.4) is 0 Å². The zero-order chi connectivity index (χ0) is 10.5. The molecule has 1 amide bonds. The number of carbonyl (C=O) groups excluding carboxylic acids is 1. The number of nitrogens with one attached hydrogen (secondary N) is 1.